The van der Waals surface area contributed by atoms with Crippen LogP contribution in [0.2, 0.25) is 0 Å². The Morgan fingerprint density at radius 3 is 1.03 bits per heavy atom. The van der Waals surface area contributed by atoms with Crippen molar-refractivity contribution in [3.63, 3.8) is 0 Å². The quantitative estimate of drug-likeness (QED) is 0.269. The molecule has 0 amide bonds. The first-order valence-corrected chi connectivity index (χ1v) is 11.7. The predicted octanol–water partition coefficient (Wildman–Crippen LogP) is 8.33. The molecule has 0 saturated heterocycles. The van der Waals surface area contributed by atoms with Crippen LogP contribution in [-0.2, 0) is 19.3 Å². The summed E-state index contributed by atoms with van der Waals surface area (Å²) in [6.45, 7) is 12.0. The van der Waals surface area contributed by atoms with Crippen LogP contribution in [0, 0.1) is 0 Å². The molecule has 0 spiro atoms. The second-order valence-corrected chi connectivity index (χ2v) is 9.45. The number of hydrogen-bond acceptors (Lipinski definition) is 0. The molecule has 0 fully saturated rings. The van der Waals surface area contributed by atoms with E-state index >= 15 is 0 Å². The highest BCUT2D eigenvalue weighted by Crippen LogP contribution is 2.56. The molecule has 0 bridgehead atoms. The standard InChI is InChI=1S/C33H24/c1-4-19-7-10-25-22(13-19)16-28-31(25)29-17-23-14-21(6-3)9-12-27(23)33(29)30-18-24-15-20(5-2)8-11-26(24)32(28)30/h4-15H,1-3,16-18H2. The highest BCUT2D eigenvalue weighted by atomic mass is 14.4. The summed E-state index contributed by atoms with van der Waals surface area (Å²) in [5.74, 6) is 0. The van der Waals surface area contributed by atoms with Gasteiger partial charge in [-0.2, -0.15) is 0 Å². The van der Waals surface area contributed by atoms with Gasteiger partial charge in [0.15, 0.2) is 0 Å². The van der Waals surface area contributed by atoms with E-state index in [1.54, 1.807) is 0 Å². The molecule has 156 valence electrons. The van der Waals surface area contributed by atoms with Gasteiger partial charge in [-0.25, -0.2) is 0 Å². The Bertz CT molecular complexity index is 1360. The van der Waals surface area contributed by atoms with E-state index in [0.29, 0.717) is 0 Å². The maximum absolute atomic E-state index is 3.99. The average Bonchev–Trinajstić information content (AvgIpc) is 3.52. The van der Waals surface area contributed by atoms with E-state index in [4.69, 9.17) is 0 Å². The largest absolute Gasteiger partial charge is 0.0985 e. The van der Waals surface area contributed by atoms with Gasteiger partial charge in [-0.1, -0.05) is 92.6 Å². The fraction of sp³-hybridized carbons (Fsp3) is 0.0909. The van der Waals surface area contributed by atoms with E-state index < -0.39 is 0 Å². The Hall–Kier alpha value is -3.90. The monoisotopic (exact) mass is 420 g/mol. The molecular formula is C33H24. The Morgan fingerprint density at radius 1 is 0.455 bits per heavy atom. The summed E-state index contributed by atoms with van der Waals surface area (Å²) < 4.78 is 0. The molecule has 0 aliphatic heterocycles. The van der Waals surface area contributed by atoms with Crippen molar-refractivity contribution in [1.82, 2.24) is 0 Å². The molecule has 0 atom stereocenters. The van der Waals surface area contributed by atoms with Crippen molar-refractivity contribution < 1.29 is 0 Å². The van der Waals surface area contributed by atoms with Crippen LogP contribution in [0.15, 0.2) is 74.3 Å². The lowest BCUT2D eigenvalue weighted by atomic mass is 9.86. The normalized spacial score (nSPS) is 13.5. The van der Waals surface area contributed by atoms with Crippen molar-refractivity contribution in [2.24, 2.45) is 0 Å². The van der Waals surface area contributed by atoms with Gasteiger partial charge in [0.1, 0.15) is 0 Å². The third kappa shape index (κ3) is 2.41. The molecule has 0 unspecified atom stereocenters. The molecule has 4 aromatic carbocycles. The second-order valence-electron chi connectivity index (χ2n) is 9.45. The molecule has 3 aliphatic carbocycles. The summed E-state index contributed by atoms with van der Waals surface area (Å²) in [6, 6.07) is 20.6. The van der Waals surface area contributed by atoms with E-state index in [1.807, 2.05) is 18.2 Å². The topological polar surface area (TPSA) is 0 Å². The molecule has 0 heterocycles. The first kappa shape index (κ1) is 18.7. The Balaban J connectivity index is 1.57. The first-order valence-electron chi connectivity index (χ1n) is 11.7. The Morgan fingerprint density at radius 2 is 0.758 bits per heavy atom. The maximum atomic E-state index is 3.99. The second kappa shape index (κ2) is 6.56. The van der Waals surface area contributed by atoms with E-state index in [9.17, 15) is 0 Å². The number of rotatable bonds is 3. The van der Waals surface area contributed by atoms with Gasteiger partial charge in [0.25, 0.3) is 0 Å². The molecular weight excluding hydrogens is 396 g/mol. The zero-order chi connectivity index (χ0) is 22.3. The third-order valence-electron chi connectivity index (χ3n) is 7.82. The van der Waals surface area contributed by atoms with Gasteiger partial charge >= 0.3 is 0 Å². The van der Waals surface area contributed by atoms with Crippen LogP contribution in [0.5, 0.6) is 0 Å². The lowest BCUT2D eigenvalue weighted by Gasteiger charge is -2.17. The van der Waals surface area contributed by atoms with E-state index in [0.717, 1.165) is 19.3 Å². The molecule has 0 saturated carbocycles. The SMILES string of the molecule is C=Cc1ccc2c(c1)Cc1c-2c2c(c3c1-c1ccc(C=C)cc1C3)-c1ccc(C=C)cc1C2. The predicted molar refractivity (Wildman–Crippen MR) is 141 cm³/mol. The van der Waals surface area contributed by atoms with Crippen molar-refractivity contribution in [3.05, 3.63) is 124 Å². The summed E-state index contributed by atoms with van der Waals surface area (Å²) in [6.07, 6.45) is 8.86. The number of hydrogen-bond donors (Lipinski definition) is 0. The van der Waals surface area contributed by atoms with Crippen molar-refractivity contribution in [1.29, 1.82) is 0 Å². The summed E-state index contributed by atoms with van der Waals surface area (Å²) in [5, 5.41) is 0. The lowest BCUT2D eigenvalue weighted by molar-refractivity contribution is 1.21. The van der Waals surface area contributed by atoms with E-state index in [-0.39, 0.29) is 0 Å². The van der Waals surface area contributed by atoms with Gasteiger partial charge in [0, 0.05) is 0 Å². The van der Waals surface area contributed by atoms with E-state index in [2.05, 4.69) is 74.3 Å². The van der Waals surface area contributed by atoms with Crippen molar-refractivity contribution in [2.45, 2.75) is 19.3 Å². The van der Waals surface area contributed by atoms with E-state index in [1.165, 1.54) is 83.5 Å². The average molecular weight is 421 g/mol. The number of fused-ring (bicyclic) bond motifs is 12. The van der Waals surface area contributed by atoms with Gasteiger partial charge in [0.05, 0.1) is 0 Å². The molecule has 0 radical (unpaired) electrons. The molecule has 3 aliphatic rings. The fourth-order valence-electron chi connectivity index (χ4n) is 6.39. The number of benzene rings is 4. The fourth-order valence-corrected chi connectivity index (χ4v) is 6.39. The van der Waals surface area contributed by atoms with Crippen molar-refractivity contribution >= 4 is 18.2 Å². The minimum absolute atomic E-state index is 0.999. The van der Waals surface area contributed by atoms with Crippen LogP contribution in [0.1, 0.15) is 50.1 Å². The molecule has 0 heteroatoms. The van der Waals surface area contributed by atoms with Crippen molar-refractivity contribution in [3.8, 4) is 33.4 Å². The van der Waals surface area contributed by atoms with Crippen LogP contribution < -0.4 is 0 Å². The molecule has 0 nitrogen and oxygen atoms in total. The summed E-state index contributed by atoms with van der Waals surface area (Å²) in [5.41, 5.74) is 21.1. The summed E-state index contributed by atoms with van der Waals surface area (Å²) in [7, 11) is 0. The van der Waals surface area contributed by atoms with Gasteiger partial charge < -0.3 is 0 Å². The summed E-state index contributed by atoms with van der Waals surface area (Å²) in [4.78, 5) is 0. The van der Waals surface area contributed by atoms with Gasteiger partial charge in [-0.3, -0.25) is 0 Å². The van der Waals surface area contributed by atoms with Crippen molar-refractivity contribution in [2.75, 3.05) is 0 Å². The van der Waals surface area contributed by atoms with Gasteiger partial charge in [-0.05, 0) is 103 Å². The summed E-state index contributed by atoms with van der Waals surface area (Å²) >= 11 is 0. The lowest BCUT2D eigenvalue weighted by Crippen LogP contribution is -1.96. The van der Waals surface area contributed by atoms with Crippen LogP contribution in [0.4, 0.5) is 0 Å². The van der Waals surface area contributed by atoms with Gasteiger partial charge in [0.2, 0.25) is 0 Å². The van der Waals surface area contributed by atoms with Crippen LogP contribution in [0.25, 0.3) is 51.6 Å². The first-order chi connectivity index (χ1) is 16.2. The molecule has 7 rings (SSSR count). The molecule has 4 aromatic rings. The minimum atomic E-state index is 0.999. The zero-order valence-corrected chi connectivity index (χ0v) is 18.7. The zero-order valence-electron chi connectivity index (χ0n) is 18.7. The molecule has 33 heavy (non-hydrogen) atoms. The highest BCUT2D eigenvalue weighted by molar-refractivity contribution is 6.00. The molecule has 0 N–H and O–H groups in total. The minimum Gasteiger partial charge on any atom is -0.0985 e. The maximum Gasteiger partial charge on any atom is -0.000685 e. The third-order valence-corrected chi connectivity index (χ3v) is 7.82. The van der Waals surface area contributed by atoms with Gasteiger partial charge in [-0.15, -0.1) is 0 Å². The Kier molecular flexibility index (Phi) is 3.71. The smallest absolute Gasteiger partial charge is 0.000685 e. The Labute approximate surface area is 195 Å². The molecule has 0 aromatic heterocycles. The highest BCUT2D eigenvalue weighted by Gasteiger charge is 2.37. The van der Waals surface area contributed by atoms with Crippen LogP contribution >= 0.6 is 0 Å². The van der Waals surface area contributed by atoms with Crippen LogP contribution in [-0.4, -0.2) is 0 Å². The van der Waals surface area contributed by atoms with Crippen LogP contribution in [0.3, 0.4) is 0 Å².